The molecule has 114 valence electrons. The van der Waals surface area contributed by atoms with Crippen molar-refractivity contribution in [1.82, 2.24) is 4.90 Å². The van der Waals surface area contributed by atoms with Crippen LogP contribution in [0.2, 0.25) is 0 Å². The van der Waals surface area contributed by atoms with Gasteiger partial charge in [0, 0.05) is 23.7 Å². The number of carbonyl (C=O) groups excluding carboxylic acids is 1. The van der Waals surface area contributed by atoms with E-state index < -0.39 is 4.92 Å². The van der Waals surface area contributed by atoms with E-state index in [0.29, 0.717) is 18.2 Å². The molecule has 1 aromatic carbocycles. The van der Waals surface area contributed by atoms with Gasteiger partial charge in [0.1, 0.15) is 0 Å². The van der Waals surface area contributed by atoms with Crippen molar-refractivity contribution < 1.29 is 9.72 Å². The average molecular weight is 290 g/mol. The number of carbonyl (C=O) groups is 1. The summed E-state index contributed by atoms with van der Waals surface area (Å²) in [6.07, 6.45) is 5.74. The molecule has 0 aliphatic carbocycles. The lowest BCUT2D eigenvalue weighted by Crippen LogP contribution is -2.42. The van der Waals surface area contributed by atoms with Gasteiger partial charge in [0.25, 0.3) is 5.69 Å². The zero-order valence-electron chi connectivity index (χ0n) is 12.5. The molecule has 0 amide bonds. The van der Waals surface area contributed by atoms with Gasteiger partial charge in [-0.2, -0.15) is 0 Å². The van der Waals surface area contributed by atoms with Crippen molar-refractivity contribution >= 4 is 11.5 Å². The van der Waals surface area contributed by atoms with Crippen LogP contribution < -0.4 is 0 Å². The molecule has 0 spiro atoms. The largest absolute Gasteiger partial charge is 0.293 e. The second-order valence-electron chi connectivity index (χ2n) is 5.64. The summed E-state index contributed by atoms with van der Waals surface area (Å²) in [5.41, 5.74) is 0.412. The summed E-state index contributed by atoms with van der Waals surface area (Å²) in [5, 5.41) is 10.8. The Hall–Kier alpha value is -1.75. The molecule has 5 nitrogen and oxygen atoms in total. The number of hydrogen-bond acceptors (Lipinski definition) is 4. The number of rotatable bonds is 6. The molecule has 1 heterocycles. The van der Waals surface area contributed by atoms with Crippen LogP contribution in [0, 0.1) is 10.1 Å². The Morgan fingerprint density at radius 1 is 1.43 bits per heavy atom. The van der Waals surface area contributed by atoms with Crippen LogP contribution in [0.15, 0.2) is 24.3 Å². The fourth-order valence-corrected chi connectivity index (χ4v) is 3.00. The highest BCUT2D eigenvalue weighted by Gasteiger charge is 2.24. The topological polar surface area (TPSA) is 63.5 Å². The molecule has 1 atom stereocenters. The van der Waals surface area contributed by atoms with E-state index in [0.717, 1.165) is 32.2 Å². The molecule has 1 aliphatic rings. The normalized spacial score (nSPS) is 19.4. The zero-order chi connectivity index (χ0) is 15.2. The molecule has 0 saturated carbocycles. The minimum atomic E-state index is -0.461. The van der Waals surface area contributed by atoms with Gasteiger partial charge in [-0.3, -0.25) is 19.8 Å². The quantitative estimate of drug-likeness (QED) is 0.457. The fourth-order valence-electron chi connectivity index (χ4n) is 3.00. The van der Waals surface area contributed by atoms with Crippen molar-refractivity contribution in [3.8, 4) is 0 Å². The first kappa shape index (κ1) is 15.6. The first-order valence-corrected chi connectivity index (χ1v) is 7.63. The number of non-ortho nitro benzene ring substituents is 1. The second kappa shape index (κ2) is 7.31. The van der Waals surface area contributed by atoms with E-state index in [1.54, 1.807) is 12.1 Å². The Balaban J connectivity index is 2.05. The molecule has 0 radical (unpaired) electrons. The number of benzene rings is 1. The van der Waals surface area contributed by atoms with Crippen LogP contribution in [0.5, 0.6) is 0 Å². The molecular weight excluding hydrogens is 268 g/mol. The second-order valence-corrected chi connectivity index (χ2v) is 5.64. The molecule has 1 aromatic rings. The summed E-state index contributed by atoms with van der Waals surface area (Å²) >= 11 is 0. The first-order valence-electron chi connectivity index (χ1n) is 7.63. The fraction of sp³-hybridized carbons (Fsp3) is 0.562. The van der Waals surface area contributed by atoms with Crippen molar-refractivity contribution in [3.05, 3.63) is 39.9 Å². The summed E-state index contributed by atoms with van der Waals surface area (Å²) in [6.45, 7) is 3.48. The summed E-state index contributed by atoms with van der Waals surface area (Å²) in [7, 11) is 0. The molecule has 1 unspecified atom stereocenters. The summed E-state index contributed by atoms with van der Waals surface area (Å²) in [6, 6.07) is 6.50. The Bertz CT molecular complexity index is 514. The van der Waals surface area contributed by atoms with Crippen LogP contribution in [-0.4, -0.2) is 34.7 Å². The van der Waals surface area contributed by atoms with Crippen molar-refractivity contribution in [2.45, 2.75) is 45.1 Å². The van der Waals surface area contributed by atoms with Gasteiger partial charge >= 0.3 is 0 Å². The van der Waals surface area contributed by atoms with E-state index in [2.05, 4.69) is 11.8 Å². The van der Waals surface area contributed by atoms with Crippen LogP contribution >= 0.6 is 0 Å². The van der Waals surface area contributed by atoms with E-state index in [9.17, 15) is 14.9 Å². The molecule has 0 bridgehead atoms. The van der Waals surface area contributed by atoms with Gasteiger partial charge in [0.2, 0.25) is 0 Å². The maximum Gasteiger partial charge on any atom is 0.270 e. The van der Waals surface area contributed by atoms with Gasteiger partial charge in [-0.1, -0.05) is 31.9 Å². The minimum absolute atomic E-state index is 0.0235. The molecule has 2 rings (SSSR count). The van der Waals surface area contributed by atoms with E-state index in [-0.39, 0.29) is 11.5 Å². The number of nitrogens with zero attached hydrogens (tertiary/aromatic N) is 2. The minimum Gasteiger partial charge on any atom is -0.293 e. The Labute approximate surface area is 125 Å². The molecule has 21 heavy (non-hydrogen) atoms. The number of likely N-dealkylation sites (tertiary alicyclic amines) is 1. The monoisotopic (exact) mass is 290 g/mol. The molecule has 1 fully saturated rings. The number of ketones is 1. The third-order valence-electron chi connectivity index (χ3n) is 4.10. The summed E-state index contributed by atoms with van der Waals surface area (Å²) < 4.78 is 0. The Morgan fingerprint density at radius 3 is 2.95 bits per heavy atom. The Kier molecular flexibility index (Phi) is 5.44. The van der Waals surface area contributed by atoms with Crippen LogP contribution in [0.25, 0.3) is 0 Å². The van der Waals surface area contributed by atoms with Gasteiger partial charge in [-0.25, -0.2) is 0 Å². The smallest absolute Gasteiger partial charge is 0.270 e. The lowest BCUT2D eigenvalue weighted by atomic mass is 9.97. The predicted molar refractivity (Wildman–Crippen MR) is 81.5 cm³/mol. The van der Waals surface area contributed by atoms with Crippen LogP contribution in [0.4, 0.5) is 5.69 Å². The van der Waals surface area contributed by atoms with Crippen molar-refractivity contribution in [1.29, 1.82) is 0 Å². The van der Waals surface area contributed by atoms with E-state index in [4.69, 9.17) is 0 Å². The number of nitro benzene ring substituents is 1. The van der Waals surface area contributed by atoms with Crippen molar-refractivity contribution in [2.24, 2.45) is 0 Å². The molecule has 1 aliphatic heterocycles. The number of hydrogen-bond donors (Lipinski definition) is 0. The van der Waals surface area contributed by atoms with Crippen molar-refractivity contribution in [2.75, 3.05) is 13.1 Å². The highest BCUT2D eigenvalue weighted by molar-refractivity contribution is 5.98. The molecule has 1 saturated heterocycles. The van der Waals surface area contributed by atoms with Crippen LogP contribution in [-0.2, 0) is 0 Å². The van der Waals surface area contributed by atoms with Crippen LogP contribution in [0.1, 0.15) is 49.4 Å². The molecular formula is C16H22N2O3. The van der Waals surface area contributed by atoms with Gasteiger partial charge in [0.05, 0.1) is 11.5 Å². The third-order valence-corrected chi connectivity index (χ3v) is 4.10. The van der Waals surface area contributed by atoms with E-state index >= 15 is 0 Å². The standard InChI is InChI=1S/C16H22N2O3/c1-2-6-14-8-3-4-10-17(14)12-16(19)13-7-5-9-15(11-13)18(20)21/h5,7,9,11,14H,2-4,6,8,10,12H2,1H3. The van der Waals surface area contributed by atoms with Crippen molar-refractivity contribution in [3.63, 3.8) is 0 Å². The molecule has 0 aromatic heterocycles. The maximum atomic E-state index is 12.4. The van der Waals surface area contributed by atoms with Gasteiger partial charge in [0.15, 0.2) is 5.78 Å². The summed E-state index contributed by atoms with van der Waals surface area (Å²) in [5.74, 6) is -0.0262. The average Bonchev–Trinajstić information content (AvgIpc) is 2.49. The molecule has 0 N–H and O–H groups in total. The highest BCUT2D eigenvalue weighted by Crippen LogP contribution is 2.21. The maximum absolute atomic E-state index is 12.4. The Morgan fingerprint density at radius 2 is 2.24 bits per heavy atom. The lowest BCUT2D eigenvalue weighted by Gasteiger charge is -2.35. The lowest BCUT2D eigenvalue weighted by molar-refractivity contribution is -0.384. The SMILES string of the molecule is CCCC1CCCCN1CC(=O)c1cccc([N+](=O)[O-])c1. The first-order chi connectivity index (χ1) is 10.1. The van der Waals surface area contributed by atoms with E-state index in [1.807, 2.05) is 0 Å². The molecule has 5 heteroatoms. The van der Waals surface area contributed by atoms with Crippen LogP contribution in [0.3, 0.4) is 0 Å². The number of piperidine rings is 1. The number of Topliss-reactive ketones (excluding diaryl/α,β-unsaturated/α-hetero) is 1. The van der Waals surface area contributed by atoms with Gasteiger partial charge in [-0.05, 0) is 25.8 Å². The third kappa shape index (κ3) is 4.11. The predicted octanol–water partition coefficient (Wildman–Crippen LogP) is 3.43. The van der Waals surface area contributed by atoms with Gasteiger partial charge in [-0.15, -0.1) is 0 Å². The van der Waals surface area contributed by atoms with E-state index in [1.165, 1.54) is 18.6 Å². The van der Waals surface area contributed by atoms with Gasteiger partial charge < -0.3 is 0 Å². The zero-order valence-corrected chi connectivity index (χ0v) is 12.5. The number of nitro groups is 1. The highest BCUT2D eigenvalue weighted by atomic mass is 16.6. The summed E-state index contributed by atoms with van der Waals surface area (Å²) in [4.78, 5) is 24.9.